The zero-order valence-electron chi connectivity index (χ0n) is 6.87. The van der Waals surface area contributed by atoms with Crippen molar-refractivity contribution in [3.8, 4) is 0 Å². The molecular weight excluding hydrogens is 146 g/mol. The minimum absolute atomic E-state index is 0.292. The summed E-state index contributed by atoms with van der Waals surface area (Å²) < 4.78 is 0. The van der Waals surface area contributed by atoms with Crippen LogP contribution in [0.3, 0.4) is 0 Å². The molecule has 0 spiro atoms. The van der Waals surface area contributed by atoms with E-state index in [0.29, 0.717) is 5.92 Å². The van der Waals surface area contributed by atoms with Gasteiger partial charge in [-0.05, 0) is 18.9 Å². The van der Waals surface area contributed by atoms with Crippen LogP contribution in [0.25, 0.3) is 0 Å². The van der Waals surface area contributed by atoms with E-state index in [1.54, 1.807) is 0 Å². The number of carbonyl (C=O) groups is 1. The molecule has 1 aliphatic heterocycles. The molecule has 2 unspecified atom stereocenters. The van der Waals surface area contributed by atoms with Crippen molar-refractivity contribution in [2.75, 3.05) is 13.7 Å². The maximum atomic E-state index is 10.3. The highest BCUT2D eigenvalue weighted by atomic mass is 16.4. The Hall–Kier alpha value is -0.610. The first-order chi connectivity index (χ1) is 5.20. The van der Waals surface area contributed by atoms with E-state index in [-0.39, 0.29) is 6.04 Å². The first kappa shape index (κ1) is 10.4. The first-order valence-electron chi connectivity index (χ1n) is 3.61. The molecule has 0 saturated carbocycles. The van der Waals surface area contributed by atoms with E-state index >= 15 is 0 Å². The lowest BCUT2D eigenvalue weighted by molar-refractivity contribution is -0.139. The topological polar surface area (TPSA) is 69.6 Å². The van der Waals surface area contributed by atoms with Gasteiger partial charge in [-0.1, -0.05) is 6.92 Å². The predicted octanol–water partition coefficient (Wildman–Crippen LogP) is -0.323. The molecule has 4 nitrogen and oxygen atoms in total. The summed E-state index contributed by atoms with van der Waals surface area (Å²) in [6, 6.07) is -0.292. The molecule has 0 aromatic heterocycles. The standard InChI is InChI=1S/C6H11NO2.CH4O/c1-4-2-5(6(8)9)7-3-4;1-2/h4-5,7H,2-3H2,1H3,(H,8,9);2H,1H3. The average molecular weight is 161 g/mol. The molecule has 0 aromatic carbocycles. The van der Waals surface area contributed by atoms with Gasteiger partial charge in [-0.25, -0.2) is 0 Å². The van der Waals surface area contributed by atoms with Gasteiger partial charge in [0.25, 0.3) is 0 Å². The molecule has 4 heteroatoms. The average Bonchev–Trinajstić information content (AvgIpc) is 2.40. The van der Waals surface area contributed by atoms with E-state index in [1.807, 2.05) is 0 Å². The highest BCUT2D eigenvalue weighted by Gasteiger charge is 2.25. The molecular formula is C7H15NO3. The van der Waals surface area contributed by atoms with Gasteiger partial charge in [-0.3, -0.25) is 4.79 Å². The number of aliphatic carboxylic acids is 1. The molecule has 11 heavy (non-hydrogen) atoms. The van der Waals surface area contributed by atoms with Gasteiger partial charge in [-0.2, -0.15) is 0 Å². The van der Waals surface area contributed by atoms with Gasteiger partial charge >= 0.3 is 5.97 Å². The zero-order valence-corrected chi connectivity index (χ0v) is 6.87. The Bertz CT molecular complexity index is 127. The van der Waals surface area contributed by atoms with Crippen LogP contribution in [-0.4, -0.2) is 35.9 Å². The van der Waals surface area contributed by atoms with Crippen LogP contribution in [0.1, 0.15) is 13.3 Å². The summed E-state index contributed by atoms with van der Waals surface area (Å²) in [4.78, 5) is 10.3. The fraction of sp³-hybridized carbons (Fsp3) is 0.857. The summed E-state index contributed by atoms with van der Waals surface area (Å²) in [5, 5.41) is 18.4. The van der Waals surface area contributed by atoms with Gasteiger partial charge in [0.15, 0.2) is 0 Å². The number of nitrogens with one attached hydrogen (secondary N) is 1. The van der Waals surface area contributed by atoms with Gasteiger partial charge < -0.3 is 15.5 Å². The maximum Gasteiger partial charge on any atom is 0.320 e. The van der Waals surface area contributed by atoms with Crippen LogP contribution < -0.4 is 5.32 Å². The molecule has 1 fully saturated rings. The molecule has 0 bridgehead atoms. The predicted molar refractivity (Wildman–Crippen MR) is 41.4 cm³/mol. The SMILES string of the molecule is CC1CNC(C(=O)O)C1.CO. The molecule has 0 aliphatic carbocycles. The van der Waals surface area contributed by atoms with Crippen LogP contribution in [0.4, 0.5) is 0 Å². The maximum absolute atomic E-state index is 10.3. The Morgan fingerprint density at radius 2 is 2.09 bits per heavy atom. The number of hydrogen-bond acceptors (Lipinski definition) is 3. The van der Waals surface area contributed by atoms with E-state index in [9.17, 15) is 4.79 Å². The number of rotatable bonds is 1. The minimum Gasteiger partial charge on any atom is -0.480 e. The number of hydrogen-bond donors (Lipinski definition) is 3. The summed E-state index contributed by atoms with van der Waals surface area (Å²) in [6.07, 6.45) is 0.773. The number of carboxylic acids is 1. The van der Waals surface area contributed by atoms with E-state index in [4.69, 9.17) is 10.2 Å². The number of aliphatic hydroxyl groups excluding tert-OH is 1. The third-order valence-electron chi connectivity index (χ3n) is 1.65. The van der Waals surface area contributed by atoms with Gasteiger partial charge in [-0.15, -0.1) is 0 Å². The lowest BCUT2D eigenvalue weighted by atomic mass is 10.1. The first-order valence-corrected chi connectivity index (χ1v) is 3.61. The lowest BCUT2D eigenvalue weighted by Crippen LogP contribution is -2.29. The van der Waals surface area contributed by atoms with Gasteiger partial charge in [0.1, 0.15) is 6.04 Å². The van der Waals surface area contributed by atoms with Crippen molar-refractivity contribution in [1.82, 2.24) is 5.32 Å². The van der Waals surface area contributed by atoms with Crippen molar-refractivity contribution in [1.29, 1.82) is 0 Å². The second-order valence-electron chi connectivity index (χ2n) is 2.64. The Balaban J connectivity index is 0.000000461. The van der Waals surface area contributed by atoms with Crippen LogP contribution in [0.2, 0.25) is 0 Å². The van der Waals surface area contributed by atoms with E-state index < -0.39 is 5.97 Å². The van der Waals surface area contributed by atoms with Crippen molar-refractivity contribution in [2.24, 2.45) is 5.92 Å². The highest BCUT2D eigenvalue weighted by Crippen LogP contribution is 2.11. The summed E-state index contributed by atoms with van der Waals surface area (Å²) in [6.45, 7) is 2.90. The third-order valence-corrected chi connectivity index (χ3v) is 1.65. The van der Waals surface area contributed by atoms with E-state index in [0.717, 1.165) is 20.1 Å². The fourth-order valence-corrected chi connectivity index (χ4v) is 1.10. The molecule has 1 rings (SSSR count). The van der Waals surface area contributed by atoms with Crippen molar-refractivity contribution in [2.45, 2.75) is 19.4 Å². The van der Waals surface area contributed by atoms with Crippen molar-refractivity contribution in [3.05, 3.63) is 0 Å². The Morgan fingerprint density at radius 1 is 1.55 bits per heavy atom. The van der Waals surface area contributed by atoms with Crippen LogP contribution in [0.15, 0.2) is 0 Å². The normalized spacial score (nSPS) is 29.0. The lowest BCUT2D eigenvalue weighted by Gasteiger charge is -2.00. The van der Waals surface area contributed by atoms with Crippen LogP contribution in [0.5, 0.6) is 0 Å². The Labute approximate surface area is 66.2 Å². The molecule has 1 aliphatic rings. The number of aliphatic hydroxyl groups is 1. The summed E-state index contributed by atoms with van der Waals surface area (Å²) in [5.41, 5.74) is 0. The number of carboxylic acid groups (broad SMARTS) is 1. The van der Waals surface area contributed by atoms with Crippen molar-refractivity contribution in [3.63, 3.8) is 0 Å². The van der Waals surface area contributed by atoms with Crippen molar-refractivity contribution < 1.29 is 15.0 Å². The summed E-state index contributed by atoms with van der Waals surface area (Å²) in [5.74, 6) is -0.203. The van der Waals surface area contributed by atoms with E-state index in [2.05, 4.69) is 12.2 Å². The Morgan fingerprint density at radius 3 is 2.27 bits per heavy atom. The zero-order chi connectivity index (χ0) is 8.85. The van der Waals surface area contributed by atoms with Gasteiger partial charge in [0.05, 0.1) is 0 Å². The van der Waals surface area contributed by atoms with E-state index in [1.165, 1.54) is 0 Å². The van der Waals surface area contributed by atoms with Crippen LogP contribution in [0, 0.1) is 5.92 Å². The van der Waals surface area contributed by atoms with Crippen LogP contribution in [-0.2, 0) is 4.79 Å². The van der Waals surface area contributed by atoms with Crippen molar-refractivity contribution >= 4 is 5.97 Å². The quantitative estimate of drug-likeness (QED) is 0.493. The summed E-state index contributed by atoms with van der Waals surface area (Å²) >= 11 is 0. The second kappa shape index (κ2) is 5.09. The van der Waals surface area contributed by atoms with Crippen LogP contribution >= 0.6 is 0 Å². The second-order valence-corrected chi connectivity index (χ2v) is 2.64. The Kier molecular flexibility index (Phi) is 4.81. The van der Waals surface area contributed by atoms with Gasteiger partial charge in [0, 0.05) is 7.11 Å². The molecule has 0 amide bonds. The molecule has 66 valence electrons. The monoisotopic (exact) mass is 161 g/mol. The molecule has 1 heterocycles. The van der Waals surface area contributed by atoms with Gasteiger partial charge in [0.2, 0.25) is 0 Å². The molecule has 0 aromatic rings. The molecule has 0 radical (unpaired) electrons. The smallest absolute Gasteiger partial charge is 0.320 e. The highest BCUT2D eigenvalue weighted by molar-refractivity contribution is 5.73. The summed E-state index contributed by atoms with van der Waals surface area (Å²) in [7, 11) is 1.00. The molecule has 3 N–H and O–H groups in total. The third kappa shape index (κ3) is 3.34. The largest absolute Gasteiger partial charge is 0.480 e. The molecule has 2 atom stereocenters. The molecule has 1 saturated heterocycles. The minimum atomic E-state index is -0.723. The fourth-order valence-electron chi connectivity index (χ4n) is 1.10.